The van der Waals surface area contributed by atoms with Crippen molar-refractivity contribution in [1.29, 1.82) is 0 Å². The second-order valence-electron chi connectivity index (χ2n) is 8.48. The Hall–Kier alpha value is -4.00. The van der Waals surface area contributed by atoms with E-state index in [1.807, 2.05) is 62.4 Å². The van der Waals surface area contributed by atoms with Crippen LogP contribution in [0.2, 0.25) is 0 Å². The highest BCUT2D eigenvalue weighted by atomic mass is 16.5. The largest absolute Gasteiger partial charge is 0.489 e. The van der Waals surface area contributed by atoms with Crippen LogP contribution in [0.5, 0.6) is 5.75 Å². The second-order valence-corrected chi connectivity index (χ2v) is 8.48. The molecule has 7 heteroatoms. The topological polar surface area (TPSA) is 81.9 Å². The number of carbonyl (C=O) groups excluding carboxylic acids is 1. The number of ether oxygens (including phenoxy) is 1. The lowest BCUT2D eigenvalue weighted by Gasteiger charge is -2.11. The number of rotatable bonds is 7. The number of aromatic nitrogens is 4. The molecule has 3 heterocycles. The molecule has 166 valence electrons. The molecule has 3 aromatic heterocycles. The van der Waals surface area contributed by atoms with Crippen molar-refractivity contribution in [3.63, 3.8) is 0 Å². The van der Waals surface area contributed by atoms with Gasteiger partial charge in [-0.1, -0.05) is 18.7 Å². The van der Waals surface area contributed by atoms with Crippen molar-refractivity contribution in [2.24, 2.45) is 0 Å². The monoisotopic (exact) mass is 439 g/mol. The summed E-state index contributed by atoms with van der Waals surface area (Å²) >= 11 is 0. The van der Waals surface area contributed by atoms with Crippen molar-refractivity contribution in [1.82, 2.24) is 19.7 Å². The third-order valence-electron chi connectivity index (χ3n) is 5.52. The van der Waals surface area contributed by atoms with Crippen LogP contribution in [0.15, 0.2) is 66.9 Å². The van der Waals surface area contributed by atoms with Crippen LogP contribution in [0.1, 0.15) is 47.4 Å². The van der Waals surface area contributed by atoms with Gasteiger partial charge in [-0.25, -0.2) is 9.97 Å². The Bertz CT molecular complexity index is 1360. The minimum Gasteiger partial charge on any atom is -0.489 e. The molecule has 5 rings (SSSR count). The van der Waals surface area contributed by atoms with Crippen LogP contribution in [0.4, 0.5) is 5.69 Å². The van der Waals surface area contributed by atoms with Crippen LogP contribution in [-0.2, 0) is 0 Å². The van der Waals surface area contributed by atoms with Crippen molar-refractivity contribution in [2.75, 3.05) is 11.9 Å². The van der Waals surface area contributed by atoms with Gasteiger partial charge in [0.2, 0.25) is 0 Å². The molecule has 1 aliphatic rings. The first-order valence-corrected chi connectivity index (χ1v) is 11.0. The molecule has 1 aliphatic carbocycles. The Morgan fingerprint density at radius 1 is 1.21 bits per heavy atom. The summed E-state index contributed by atoms with van der Waals surface area (Å²) in [5.41, 5.74) is 4.45. The van der Waals surface area contributed by atoms with E-state index in [4.69, 9.17) is 9.72 Å². The maximum atomic E-state index is 13.5. The fourth-order valence-electron chi connectivity index (χ4n) is 3.78. The quantitative estimate of drug-likeness (QED) is 0.400. The van der Waals surface area contributed by atoms with Gasteiger partial charge >= 0.3 is 0 Å². The minimum absolute atomic E-state index is 0.204. The predicted molar refractivity (Wildman–Crippen MR) is 128 cm³/mol. The smallest absolute Gasteiger partial charge is 0.256 e. The molecule has 1 aromatic carbocycles. The molecule has 0 spiro atoms. The molecule has 4 aromatic rings. The molecular weight excluding hydrogens is 414 g/mol. The van der Waals surface area contributed by atoms with Crippen molar-refractivity contribution < 1.29 is 9.53 Å². The molecule has 0 bridgehead atoms. The highest BCUT2D eigenvalue weighted by Gasteiger charge is 2.29. The Morgan fingerprint density at radius 3 is 2.79 bits per heavy atom. The zero-order valence-electron chi connectivity index (χ0n) is 18.7. The Balaban J connectivity index is 1.54. The molecule has 1 saturated carbocycles. The number of fused-ring (bicyclic) bond motifs is 1. The predicted octanol–water partition coefficient (Wildman–Crippen LogP) is 5.21. The summed E-state index contributed by atoms with van der Waals surface area (Å²) in [7, 11) is 0. The van der Waals surface area contributed by atoms with Gasteiger partial charge in [0, 0.05) is 29.6 Å². The van der Waals surface area contributed by atoms with Crippen LogP contribution in [0.3, 0.4) is 0 Å². The second kappa shape index (κ2) is 8.50. The maximum absolute atomic E-state index is 13.5. The molecule has 0 saturated heterocycles. The van der Waals surface area contributed by atoms with Crippen LogP contribution in [0, 0.1) is 6.92 Å². The summed E-state index contributed by atoms with van der Waals surface area (Å²) < 4.78 is 7.44. The molecule has 0 radical (unpaired) electrons. The van der Waals surface area contributed by atoms with Crippen molar-refractivity contribution >= 4 is 22.6 Å². The van der Waals surface area contributed by atoms with Crippen LogP contribution >= 0.6 is 0 Å². The van der Waals surface area contributed by atoms with Gasteiger partial charge in [0.25, 0.3) is 5.91 Å². The van der Waals surface area contributed by atoms with Crippen LogP contribution < -0.4 is 10.1 Å². The van der Waals surface area contributed by atoms with Crippen molar-refractivity contribution in [2.45, 2.75) is 32.6 Å². The summed E-state index contributed by atoms with van der Waals surface area (Å²) in [4.78, 5) is 22.8. The highest BCUT2D eigenvalue weighted by molar-refractivity contribution is 6.13. The van der Waals surface area contributed by atoms with E-state index in [0.29, 0.717) is 41.0 Å². The molecule has 0 atom stereocenters. The van der Waals surface area contributed by atoms with Gasteiger partial charge in [0.05, 0.1) is 16.6 Å². The molecule has 0 unspecified atom stereocenters. The molecule has 1 N–H and O–H groups in total. The van der Waals surface area contributed by atoms with E-state index in [0.717, 1.165) is 35.2 Å². The first-order chi connectivity index (χ1) is 16.0. The SMILES string of the molecule is C=C(C)COc1cccc(NC(=O)c2cc(C3CC3)nc3c2c(C)nn3-c2ccccn2)c1. The molecule has 1 fully saturated rings. The molecule has 7 nitrogen and oxygen atoms in total. The summed E-state index contributed by atoms with van der Waals surface area (Å²) in [6.45, 7) is 8.09. The van der Waals surface area contributed by atoms with Gasteiger partial charge in [-0.3, -0.25) is 4.79 Å². The average molecular weight is 440 g/mol. The van der Waals surface area contributed by atoms with E-state index in [2.05, 4.69) is 22.0 Å². The zero-order valence-corrected chi connectivity index (χ0v) is 18.7. The normalized spacial score (nSPS) is 13.2. The molecule has 1 amide bonds. The summed E-state index contributed by atoms with van der Waals surface area (Å²) in [5.74, 6) is 1.52. The Morgan fingerprint density at radius 2 is 2.06 bits per heavy atom. The summed E-state index contributed by atoms with van der Waals surface area (Å²) in [6, 6.07) is 14.9. The number of nitrogens with zero attached hydrogens (tertiary/aromatic N) is 4. The van der Waals surface area contributed by atoms with Crippen LogP contribution in [0.25, 0.3) is 16.9 Å². The first-order valence-electron chi connectivity index (χ1n) is 11.0. The van der Waals surface area contributed by atoms with Crippen molar-refractivity contribution in [3.05, 3.63) is 83.8 Å². The lowest BCUT2D eigenvalue weighted by Crippen LogP contribution is -2.14. The zero-order chi connectivity index (χ0) is 22.9. The molecule has 0 aliphatic heterocycles. The van der Waals surface area contributed by atoms with E-state index in [-0.39, 0.29) is 5.91 Å². The van der Waals surface area contributed by atoms with E-state index in [1.54, 1.807) is 10.9 Å². The van der Waals surface area contributed by atoms with E-state index in [9.17, 15) is 4.79 Å². The van der Waals surface area contributed by atoms with E-state index < -0.39 is 0 Å². The maximum Gasteiger partial charge on any atom is 0.256 e. The number of hydrogen-bond donors (Lipinski definition) is 1. The van der Waals surface area contributed by atoms with Crippen molar-refractivity contribution in [3.8, 4) is 11.6 Å². The third-order valence-corrected chi connectivity index (χ3v) is 5.52. The van der Waals surface area contributed by atoms with Gasteiger partial charge in [-0.2, -0.15) is 9.78 Å². The number of nitrogens with one attached hydrogen (secondary N) is 1. The molecule has 33 heavy (non-hydrogen) atoms. The number of aryl methyl sites for hydroxylation is 1. The number of hydrogen-bond acceptors (Lipinski definition) is 5. The van der Waals surface area contributed by atoms with Crippen LogP contribution in [-0.4, -0.2) is 32.3 Å². The third kappa shape index (κ3) is 4.35. The Kier molecular flexibility index (Phi) is 5.38. The number of benzene rings is 1. The number of amides is 1. The summed E-state index contributed by atoms with van der Waals surface area (Å²) in [6.07, 6.45) is 3.89. The fraction of sp³-hybridized carbons (Fsp3) is 0.231. The van der Waals surface area contributed by atoms with Gasteiger partial charge < -0.3 is 10.1 Å². The average Bonchev–Trinajstić information content (AvgIpc) is 3.62. The highest BCUT2D eigenvalue weighted by Crippen LogP contribution is 2.40. The van der Waals surface area contributed by atoms with Gasteiger partial charge in [-0.05, 0) is 62.6 Å². The lowest BCUT2D eigenvalue weighted by molar-refractivity contribution is 0.102. The lowest BCUT2D eigenvalue weighted by atomic mass is 10.1. The van der Waals surface area contributed by atoms with Gasteiger partial charge in [0.1, 0.15) is 12.4 Å². The minimum atomic E-state index is -0.204. The fourth-order valence-corrected chi connectivity index (χ4v) is 3.78. The van der Waals surface area contributed by atoms with E-state index >= 15 is 0 Å². The summed E-state index contributed by atoms with van der Waals surface area (Å²) in [5, 5.41) is 8.42. The standard InChI is InChI=1S/C26H25N5O2/c1-16(2)15-33-20-8-6-7-19(13-20)28-26(32)21-14-22(18-10-11-18)29-25-24(21)17(3)30-31(25)23-9-4-5-12-27-23/h4-9,12-14,18H,1,10-11,15H2,2-3H3,(H,28,32). The number of carbonyl (C=O) groups is 1. The first kappa shape index (κ1) is 20.9. The van der Waals surface area contributed by atoms with E-state index in [1.165, 1.54) is 0 Å². The van der Waals surface area contributed by atoms with Gasteiger partial charge in [-0.15, -0.1) is 0 Å². The van der Waals surface area contributed by atoms with Gasteiger partial charge in [0.15, 0.2) is 11.5 Å². The number of pyridine rings is 2. The molecular formula is C26H25N5O2. The Labute approximate surface area is 192 Å². The number of anilines is 1.